The number of hydrogen-bond donors (Lipinski definition) is 2. The number of pyridine rings is 1. The van der Waals surface area contributed by atoms with Crippen molar-refractivity contribution in [1.82, 2.24) is 4.98 Å². The van der Waals surface area contributed by atoms with E-state index in [-0.39, 0.29) is 5.39 Å². The van der Waals surface area contributed by atoms with Crippen LogP contribution in [0, 0.1) is 0 Å². The van der Waals surface area contributed by atoms with Gasteiger partial charge in [-0.2, -0.15) is 0 Å². The smallest absolute Gasteiger partial charge is 0.243 e. The maximum Gasteiger partial charge on any atom is 0.243 e. The van der Waals surface area contributed by atoms with Gasteiger partial charge in [0.1, 0.15) is 4.90 Å². The zero-order chi connectivity index (χ0) is 14.2. The third-order valence-corrected chi connectivity index (χ3v) is 3.57. The van der Waals surface area contributed by atoms with Crippen molar-refractivity contribution in [2.75, 3.05) is 14.2 Å². The van der Waals surface area contributed by atoms with Crippen LogP contribution in [0.5, 0.6) is 11.5 Å². The van der Waals surface area contributed by atoms with Gasteiger partial charge < -0.3 is 14.5 Å². The minimum atomic E-state index is -4.08. The third kappa shape index (κ3) is 2.27. The number of rotatable bonds is 3. The maximum absolute atomic E-state index is 12.1. The largest absolute Gasteiger partial charge is 0.493 e. The Kier molecular flexibility index (Phi) is 3.21. The summed E-state index contributed by atoms with van der Waals surface area (Å²) in [6.07, 6.45) is 1.06. The highest BCUT2D eigenvalue weighted by atomic mass is 32.2. The number of hydrogen-bond acceptors (Lipinski definition) is 5. The van der Waals surface area contributed by atoms with Crippen LogP contribution in [-0.2, 0) is 10.0 Å². The molecule has 0 unspecified atom stereocenters. The van der Waals surface area contributed by atoms with E-state index in [0.29, 0.717) is 17.0 Å². The maximum atomic E-state index is 12.1. The number of aromatic nitrogens is 1. The molecule has 0 aliphatic heterocycles. The Hall–Kier alpha value is -2.06. The SMILES string of the molecule is COc1cc2[nH]cc(S(N)(=O)=O)c(=O)c2cc1OC. The summed E-state index contributed by atoms with van der Waals surface area (Å²) in [5, 5.41) is 5.13. The van der Waals surface area contributed by atoms with E-state index in [1.54, 1.807) is 6.07 Å². The number of benzene rings is 1. The predicted octanol–water partition coefficient (Wildman–Crippen LogP) is 0.193. The van der Waals surface area contributed by atoms with Crippen LogP contribution >= 0.6 is 0 Å². The second-order valence-electron chi connectivity index (χ2n) is 3.78. The van der Waals surface area contributed by atoms with E-state index in [0.717, 1.165) is 6.20 Å². The molecular formula is C11H12N2O5S. The number of nitrogens with two attached hydrogens (primary N) is 1. The first kappa shape index (κ1) is 13.4. The van der Waals surface area contributed by atoms with Gasteiger partial charge in [0.25, 0.3) is 0 Å². The summed E-state index contributed by atoms with van der Waals surface area (Å²) in [5.74, 6) is 0.751. The quantitative estimate of drug-likeness (QED) is 0.835. The minimum absolute atomic E-state index is 0.157. The summed E-state index contributed by atoms with van der Waals surface area (Å²) < 4.78 is 32.7. The number of sulfonamides is 1. The average Bonchev–Trinajstić information content (AvgIpc) is 2.36. The van der Waals surface area contributed by atoms with E-state index in [9.17, 15) is 13.2 Å². The molecule has 8 heteroatoms. The van der Waals surface area contributed by atoms with E-state index in [1.807, 2.05) is 0 Å². The highest BCUT2D eigenvalue weighted by Gasteiger charge is 2.17. The molecule has 19 heavy (non-hydrogen) atoms. The second kappa shape index (κ2) is 4.56. The molecule has 1 aromatic carbocycles. The molecule has 0 atom stereocenters. The zero-order valence-electron chi connectivity index (χ0n) is 10.3. The molecule has 0 aliphatic rings. The predicted molar refractivity (Wildman–Crippen MR) is 69.0 cm³/mol. The Balaban J connectivity index is 2.87. The van der Waals surface area contributed by atoms with Crippen LogP contribution in [0.3, 0.4) is 0 Å². The number of primary sulfonamides is 1. The van der Waals surface area contributed by atoms with Gasteiger partial charge in [-0.25, -0.2) is 13.6 Å². The molecule has 0 aliphatic carbocycles. The summed E-state index contributed by atoms with van der Waals surface area (Å²) in [6.45, 7) is 0. The van der Waals surface area contributed by atoms with Crippen LogP contribution < -0.4 is 20.0 Å². The van der Waals surface area contributed by atoms with Gasteiger partial charge in [0.15, 0.2) is 11.5 Å². The van der Waals surface area contributed by atoms with Crippen LogP contribution in [0.2, 0.25) is 0 Å². The summed E-state index contributed by atoms with van der Waals surface area (Å²) in [5.41, 5.74) is -0.257. The van der Waals surface area contributed by atoms with Gasteiger partial charge in [0.2, 0.25) is 15.5 Å². The lowest BCUT2D eigenvalue weighted by molar-refractivity contribution is 0.355. The number of methoxy groups -OCH3 is 2. The molecule has 7 nitrogen and oxygen atoms in total. The Morgan fingerprint density at radius 2 is 1.74 bits per heavy atom. The van der Waals surface area contributed by atoms with Crippen molar-refractivity contribution in [2.24, 2.45) is 5.14 Å². The molecule has 1 aromatic heterocycles. The summed E-state index contributed by atoms with van der Waals surface area (Å²) in [6, 6.07) is 2.95. The summed E-state index contributed by atoms with van der Waals surface area (Å²) in [4.78, 5) is 14.3. The third-order valence-electron chi connectivity index (χ3n) is 2.66. The normalized spacial score (nSPS) is 11.5. The molecule has 2 rings (SSSR count). The van der Waals surface area contributed by atoms with Crippen LogP contribution in [0.4, 0.5) is 0 Å². The van der Waals surface area contributed by atoms with Crippen LogP contribution in [-0.4, -0.2) is 27.6 Å². The fourth-order valence-electron chi connectivity index (χ4n) is 1.74. The van der Waals surface area contributed by atoms with Crippen molar-refractivity contribution in [3.63, 3.8) is 0 Å². The van der Waals surface area contributed by atoms with Crippen molar-refractivity contribution in [2.45, 2.75) is 4.90 Å². The fourth-order valence-corrected chi connectivity index (χ4v) is 2.33. The van der Waals surface area contributed by atoms with Gasteiger partial charge in [-0.3, -0.25) is 4.79 Å². The van der Waals surface area contributed by atoms with E-state index >= 15 is 0 Å². The number of H-pyrrole nitrogens is 1. The molecule has 0 fully saturated rings. The van der Waals surface area contributed by atoms with Gasteiger partial charge in [0, 0.05) is 12.3 Å². The van der Waals surface area contributed by atoms with Gasteiger partial charge in [0.05, 0.1) is 25.1 Å². The fraction of sp³-hybridized carbons (Fsp3) is 0.182. The van der Waals surface area contributed by atoms with Crippen LogP contribution in [0.25, 0.3) is 10.9 Å². The van der Waals surface area contributed by atoms with Crippen LogP contribution in [0.1, 0.15) is 0 Å². The molecule has 0 saturated heterocycles. The molecule has 0 saturated carbocycles. The van der Waals surface area contributed by atoms with Crippen LogP contribution in [0.15, 0.2) is 28.0 Å². The zero-order valence-corrected chi connectivity index (χ0v) is 11.1. The highest BCUT2D eigenvalue weighted by molar-refractivity contribution is 7.89. The Morgan fingerprint density at radius 1 is 1.16 bits per heavy atom. The number of aromatic amines is 1. The number of ether oxygens (including phenoxy) is 2. The second-order valence-corrected chi connectivity index (χ2v) is 5.31. The summed E-state index contributed by atoms with van der Waals surface area (Å²) >= 11 is 0. The lowest BCUT2D eigenvalue weighted by Crippen LogP contribution is -2.22. The van der Waals surface area contributed by atoms with Crippen molar-refractivity contribution in [3.8, 4) is 11.5 Å². The Morgan fingerprint density at radius 3 is 2.26 bits per heavy atom. The number of nitrogens with one attached hydrogen (secondary N) is 1. The molecule has 102 valence electrons. The number of fused-ring (bicyclic) bond motifs is 1. The lowest BCUT2D eigenvalue weighted by Gasteiger charge is -2.09. The van der Waals surface area contributed by atoms with Gasteiger partial charge in [-0.15, -0.1) is 0 Å². The molecule has 0 radical (unpaired) electrons. The van der Waals surface area contributed by atoms with Gasteiger partial charge in [-0.05, 0) is 6.07 Å². The molecule has 1 heterocycles. The van der Waals surface area contributed by atoms with E-state index in [1.165, 1.54) is 20.3 Å². The summed E-state index contributed by atoms with van der Waals surface area (Å²) in [7, 11) is -1.20. The average molecular weight is 284 g/mol. The first-order valence-electron chi connectivity index (χ1n) is 5.18. The lowest BCUT2D eigenvalue weighted by atomic mass is 10.2. The highest BCUT2D eigenvalue weighted by Crippen LogP contribution is 2.30. The minimum Gasteiger partial charge on any atom is -0.493 e. The van der Waals surface area contributed by atoms with Crippen molar-refractivity contribution in [1.29, 1.82) is 0 Å². The molecule has 0 bridgehead atoms. The molecule has 2 aromatic rings. The topological polar surface area (TPSA) is 111 Å². The first-order chi connectivity index (χ1) is 8.88. The van der Waals surface area contributed by atoms with Crippen molar-refractivity contribution >= 4 is 20.9 Å². The molecule has 0 spiro atoms. The van der Waals surface area contributed by atoms with Crippen molar-refractivity contribution in [3.05, 3.63) is 28.6 Å². The van der Waals surface area contributed by atoms with Crippen molar-refractivity contribution < 1.29 is 17.9 Å². The van der Waals surface area contributed by atoms with E-state index in [4.69, 9.17) is 14.6 Å². The van der Waals surface area contributed by atoms with E-state index < -0.39 is 20.3 Å². The molecule has 3 N–H and O–H groups in total. The molecular weight excluding hydrogens is 272 g/mol. The van der Waals surface area contributed by atoms with Gasteiger partial charge in [-0.1, -0.05) is 0 Å². The standard InChI is InChI=1S/C11H12N2O5S/c1-17-8-3-6-7(4-9(8)18-2)13-5-10(11(6)14)19(12,15)16/h3-5H,1-2H3,(H,13,14)(H2,12,15,16). The Labute approximate surface area is 109 Å². The molecule has 0 amide bonds. The van der Waals surface area contributed by atoms with E-state index in [2.05, 4.69) is 4.98 Å². The monoisotopic (exact) mass is 284 g/mol. The Bertz CT molecular complexity index is 795. The first-order valence-corrected chi connectivity index (χ1v) is 6.73. The van der Waals surface area contributed by atoms with Gasteiger partial charge >= 0.3 is 0 Å².